The molecule has 0 heterocycles. The van der Waals surface area contributed by atoms with E-state index in [1.165, 1.54) is 225 Å². The number of carbonyl (C=O) groups is 1. The van der Waals surface area contributed by atoms with E-state index in [-0.39, 0.29) is 6.61 Å². The van der Waals surface area contributed by atoms with Crippen molar-refractivity contribution in [1.29, 1.82) is 0 Å². The van der Waals surface area contributed by atoms with E-state index >= 15 is 0 Å². The minimum Gasteiger partial charge on any atom is -0.394 e. The first kappa shape index (κ1) is 55.1. The van der Waals surface area contributed by atoms with Crippen molar-refractivity contribution in [3.05, 3.63) is 12.2 Å². The normalized spacial score (nSPS) is 13.4. The fourth-order valence-electron chi connectivity index (χ4n) is 8.13. The van der Waals surface area contributed by atoms with Gasteiger partial charge < -0.3 is 20.6 Å². The van der Waals surface area contributed by atoms with Crippen molar-refractivity contribution in [2.75, 3.05) is 6.61 Å². The van der Waals surface area contributed by atoms with E-state index < -0.39 is 24.2 Å². The van der Waals surface area contributed by atoms with E-state index in [1.807, 2.05) is 0 Å². The van der Waals surface area contributed by atoms with Crippen LogP contribution in [0.3, 0.4) is 0 Å². The summed E-state index contributed by atoms with van der Waals surface area (Å²) in [6, 6.07) is -0.707. The zero-order valence-corrected chi connectivity index (χ0v) is 38.0. The summed E-state index contributed by atoms with van der Waals surface area (Å²) in [5.41, 5.74) is 0. The van der Waals surface area contributed by atoms with Gasteiger partial charge in [0.15, 0.2) is 0 Å². The molecule has 4 N–H and O–H groups in total. The van der Waals surface area contributed by atoms with Gasteiger partial charge in [-0.05, 0) is 38.5 Å². The maximum Gasteiger partial charge on any atom is 0.249 e. The predicted molar refractivity (Wildman–Crippen MR) is 245 cm³/mol. The van der Waals surface area contributed by atoms with Gasteiger partial charge in [-0.3, -0.25) is 4.79 Å². The summed E-state index contributed by atoms with van der Waals surface area (Å²) in [6.07, 6.45) is 56.8. The molecular formula is C51H101NO4. The minimum atomic E-state index is -1.07. The highest BCUT2D eigenvalue weighted by Crippen LogP contribution is 2.17. The molecule has 0 aliphatic heterocycles. The highest BCUT2D eigenvalue weighted by Gasteiger charge is 2.23. The highest BCUT2D eigenvalue weighted by atomic mass is 16.3. The molecular weight excluding hydrogens is 691 g/mol. The predicted octanol–water partition coefficient (Wildman–Crippen LogP) is 15.2. The van der Waals surface area contributed by atoms with E-state index in [4.69, 9.17) is 0 Å². The Morgan fingerprint density at radius 3 is 0.982 bits per heavy atom. The standard InChI is InChI=1S/C51H101NO4/c1-3-5-7-9-11-13-15-17-18-19-20-21-22-23-24-25-26-27-28-29-30-31-32-33-34-36-38-40-42-44-46-50(55)51(56)52-48(47-53)49(54)45-43-41-39-37-35-16-14-12-10-8-6-4-2/h23-24,48-50,53-55H,3-22,25-47H2,1-2H3,(H,52,56)/b24-23-. The lowest BCUT2D eigenvalue weighted by atomic mass is 10.0. The van der Waals surface area contributed by atoms with Crippen molar-refractivity contribution in [2.24, 2.45) is 0 Å². The Morgan fingerprint density at radius 2 is 0.679 bits per heavy atom. The van der Waals surface area contributed by atoms with Gasteiger partial charge in [-0.15, -0.1) is 0 Å². The fraction of sp³-hybridized carbons (Fsp3) is 0.941. The molecule has 3 atom stereocenters. The summed E-state index contributed by atoms with van der Waals surface area (Å²) >= 11 is 0. The maximum atomic E-state index is 12.5. The lowest BCUT2D eigenvalue weighted by Crippen LogP contribution is -2.49. The molecule has 5 nitrogen and oxygen atoms in total. The Morgan fingerprint density at radius 1 is 0.411 bits per heavy atom. The molecule has 1 amide bonds. The molecule has 0 spiro atoms. The van der Waals surface area contributed by atoms with E-state index in [0.29, 0.717) is 12.8 Å². The number of allylic oxidation sites excluding steroid dienone is 2. The number of nitrogens with one attached hydrogen (secondary N) is 1. The molecule has 0 rings (SSSR count). The van der Waals surface area contributed by atoms with Crippen molar-refractivity contribution in [3.8, 4) is 0 Å². The number of aliphatic hydroxyl groups is 3. The van der Waals surface area contributed by atoms with Crippen LogP contribution in [0.2, 0.25) is 0 Å². The molecule has 0 aromatic carbocycles. The van der Waals surface area contributed by atoms with Crippen LogP contribution in [0.15, 0.2) is 12.2 Å². The first-order chi connectivity index (χ1) is 27.6. The molecule has 0 aliphatic carbocycles. The summed E-state index contributed by atoms with van der Waals surface area (Å²) in [4.78, 5) is 12.5. The lowest BCUT2D eigenvalue weighted by molar-refractivity contribution is -0.131. The number of amides is 1. The average Bonchev–Trinajstić information content (AvgIpc) is 3.20. The Bertz CT molecular complexity index is 788. The van der Waals surface area contributed by atoms with Gasteiger partial charge in [0.05, 0.1) is 18.8 Å². The van der Waals surface area contributed by atoms with Crippen molar-refractivity contribution < 1.29 is 20.1 Å². The SMILES string of the molecule is CCCCCCCCCCCCCC/C=C\CCCCCCCCCCCCCCCCC(O)C(=O)NC(CO)C(O)CCCCCCCCCCCCCC. The van der Waals surface area contributed by atoms with Crippen LogP contribution in [0.4, 0.5) is 0 Å². The summed E-state index contributed by atoms with van der Waals surface area (Å²) in [5.74, 6) is -0.467. The largest absolute Gasteiger partial charge is 0.394 e. The van der Waals surface area contributed by atoms with Gasteiger partial charge in [0.2, 0.25) is 5.91 Å². The second-order valence-electron chi connectivity index (χ2n) is 17.7. The first-order valence-electron chi connectivity index (χ1n) is 25.5. The number of hydrogen-bond donors (Lipinski definition) is 4. The van der Waals surface area contributed by atoms with Crippen LogP contribution in [0, 0.1) is 0 Å². The van der Waals surface area contributed by atoms with Gasteiger partial charge in [-0.1, -0.05) is 257 Å². The number of rotatable bonds is 47. The van der Waals surface area contributed by atoms with E-state index in [0.717, 1.165) is 32.1 Å². The third-order valence-electron chi connectivity index (χ3n) is 12.1. The van der Waals surface area contributed by atoms with Crippen LogP contribution < -0.4 is 5.32 Å². The van der Waals surface area contributed by atoms with Crippen molar-refractivity contribution in [3.63, 3.8) is 0 Å². The van der Waals surface area contributed by atoms with Gasteiger partial charge in [0.1, 0.15) is 6.10 Å². The third-order valence-corrected chi connectivity index (χ3v) is 12.1. The molecule has 334 valence electrons. The first-order valence-corrected chi connectivity index (χ1v) is 25.5. The molecule has 0 aromatic heterocycles. The summed E-state index contributed by atoms with van der Waals surface area (Å²) < 4.78 is 0. The molecule has 0 aliphatic rings. The second-order valence-corrected chi connectivity index (χ2v) is 17.7. The number of unbranched alkanes of at least 4 members (excludes halogenated alkanes) is 37. The van der Waals surface area contributed by atoms with E-state index in [9.17, 15) is 20.1 Å². The van der Waals surface area contributed by atoms with Gasteiger partial charge in [-0.2, -0.15) is 0 Å². The van der Waals surface area contributed by atoms with Crippen molar-refractivity contribution in [1.82, 2.24) is 5.32 Å². The van der Waals surface area contributed by atoms with Crippen LogP contribution in [-0.4, -0.2) is 46.1 Å². The Hall–Kier alpha value is -0.910. The molecule has 0 radical (unpaired) electrons. The minimum absolute atomic E-state index is 0.310. The maximum absolute atomic E-state index is 12.5. The molecule has 0 saturated carbocycles. The molecule has 3 unspecified atom stereocenters. The summed E-state index contributed by atoms with van der Waals surface area (Å²) in [5, 5.41) is 33.3. The van der Waals surface area contributed by atoms with Crippen LogP contribution in [-0.2, 0) is 4.79 Å². The van der Waals surface area contributed by atoms with Crippen LogP contribution in [0.25, 0.3) is 0 Å². The molecule has 56 heavy (non-hydrogen) atoms. The monoisotopic (exact) mass is 792 g/mol. The van der Waals surface area contributed by atoms with Gasteiger partial charge in [-0.25, -0.2) is 0 Å². The molecule has 0 bridgehead atoms. The quantitative estimate of drug-likeness (QED) is 0.0365. The second kappa shape index (κ2) is 46.8. The molecule has 0 saturated heterocycles. The van der Waals surface area contributed by atoms with Crippen molar-refractivity contribution >= 4 is 5.91 Å². The summed E-state index contributed by atoms with van der Waals surface area (Å²) in [7, 11) is 0. The zero-order valence-electron chi connectivity index (χ0n) is 38.0. The summed E-state index contributed by atoms with van der Waals surface area (Å²) in [6.45, 7) is 4.24. The Labute approximate surface area is 350 Å². The van der Waals surface area contributed by atoms with E-state index in [2.05, 4.69) is 31.3 Å². The van der Waals surface area contributed by atoms with Gasteiger partial charge >= 0.3 is 0 Å². The smallest absolute Gasteiger partial charge is 0.249 e. The highest BCUT2D eigenvalue weighted by molar-refractivity contribution is 5.80. The van der Waals surface area contributed by atoms with Gasteiger partial charge in [0.25, 0.3) is 0 Å². The Balaban J connectivity index is 3.48. The van der Waals surface area contributed by atoms with Gasteiger partial charge in [0, 0.05) is 0 Å². The number of aliphatic hydroxyl groups excluding tert-OH is 3. The lowest BCUT2D eigenvalue weighted by Gasteiger charge is -2.23. The zero-order chi connectivity index (χ0) is 40.8. The third kappa shape index (κ3) is 41.3. The van der Waals surface area contributed by atoms with Crippen molar-refractivity contribution in [2.45, 2.75) is 302 Å². The topological polar surface area (TPSA) is 89.8 Å². The van der Waals surface area contributed by atoms with Crippen LogP contribution >= 0.6 is 0 Å². The average molecular weight is 792 g/mol. The number of hydrogen-bond acceptors (Lipinski definition) is 4. The van der Waals surface area contributed by atoms with Crippen LogP contribution in [0.5, 0.6) is 0 Å². The fourth-order valence-corrected chi connectivity index (χ4v) is 8.13. The Kier molecular flexibility index (Phi) is 46.0. The molecule has 0 aromatic rings. The van der Waals surface area contributed by atoms with Crippen LogP contribution in [0.1, 0.15) is 284 Å². The molecule has 0 fully saturated rings. The molecule has 5 heteroatoms. The number of carbonyl (C=O) groups excluding carboxylic acids is 1. The van der Waals surface area contributed by atoms with E-state index in [1.54, 1.807) is 0 Å².